The molecule has 1 aromatic rings. The molecule has 0 fully saturated rings. The Morgan fingerprint density at radius 1 is 1.32 bits per heavy atom. The Morgan fingerprint density at radius 3 is 2.74 bits per heavy atom. The standard InChI is InChI=1S/C15H12O4/c1-7(2)12-6-11-13(17)10-5-8(16)3-4-9(10)14(18)15(11)19-12/h3-5,12,16H,1,6H2,2H3. The molecular weight excluding hydrogens is 244 g/mol. The lowest BCUT2D eigenvalue weighted by Crippen LogP contribution is -2.19. The largest absolute Gasteiger partial charge is 0.508 e. The monoisotopic (exact) mass is 256 g/mol. The second kappa shape index (κ2) is 3.82. The fourth-order valence-electron chi connectivity index (χ4n) is 2.40. The molecule has 0 saturated carbocycles. The second-order valence-electron chi connectivity index (χ2n) is 4.85. The average Bonchev–Trinajstić information content (AvgIpc) is 2.81. The zero-order valence-corrected chi connectivity index (χ0v) is 10.4. The molecule has 2 aliphatic rings. The number of benzene rings is 1. The third-order valence-corrected chi connectivity index (χ3v) is 3.45. The number of carbonyl (C=O) groups excluding carboxylic acids is 2. The zero-order chi connectivity index (χ0) is 13.7. The van der Waals surface area contributed by atoms with Crippen molar-refractivity contribution in [2.75, 3.05) is 0 Å². The van der Waals surface area contributed by atoms with Gasteiger partial charge in [-0.05, 0) is 30.7 Å². The molecule has 0 amide bonds. The molecule has 4 nitrogen and oxygen atoms in total. The van der Waals surface area contributed by atoms with Gasteiger partial charge in [0.05, 0.1) is 5.57 Å². The minimum absolute atomic E-state index is 0.0284. The average molecular weight is 256 g/mol. The molecule has 3 rings (SSSR count). The predicted molar refractivity (Wildman–Crippen MR) is 68.1 cm³/mol. The quantitative estimate of drug-likeness (QED) is 0.783. The highest BCUT2D eigenvalue weighted by Crippen LogP contribution is 2.38. The summed E-state index contributed by atoms with van der Waals surface area (Å²) in [5, 5.41) is 9.45. The Balaban J connectivity index is 2.10. The molecule has 4 heteroatoms. The summed E-state index contributed by atoms with van der Waals surface area (Å²) in [5.41, 5.74) is 1.69. The normalized spacial score (nSPS) is 21.0. The molecular formula is C15H12O4. The third-order valence-electron chi connectivity index (χ3n) is 3.45. The van der Waals surface area contributed by atoms with Gasteiger partial charge in [0.15, 0.2) is 11.5 Å². The summed E-state index contributed by atoms with van der Waals surface area (Å²) in [6, 6.07) is 4.17. The molecule has 1 atom stereocenters. The first-order valence-corrected chi connectivity index (χ1v) is 5.96. The summed E-state index contributed by atoms with van der Waals surface area (Å²) in [4.78, 5) is 24.6. The van der Waals surface area contributed by atoms with Crippen LogP contribution < -0.4 is 0 Å². The Morgan fingerprint density at radius 2 is 2.05 bits per heavy atom. The van der Waals surface area contributed by atoms with Crippen LogP contribution in [0.1, 0.15) is 34.1 Å². The third kappa shape index (κ3) is 1.60. The molecule has 1 heterocycles. The van der Waals surface area contributed by atoms with Crippen molar-refractivity contribution in [3.05, 3.63) is 52.8 Å². The molecule has 96 valence electrons. The smallest absolute Gasteiger partial charge is 0.228 e. The van der Waals surface area contributed by atoms with E-state index < -0.39 is 0 Å². The lowest BCUT2D eigenvalue weighted by atomic mass is 9.87. The first-order valence-electron chi connectivity index (χ1n) is 5.96. The van der Waals surface area contributed by atoms with E-state index in [4.69, 9.17) is 4.74 Å². The summed E-state index contributed by atoms with van der Waals surface area (Å²) in [6.45, 7) is 5.60. The maximum Gasteiger partial charge on any atom is 0.228 e. The van der Waals surface area contributed by atoms with E-state index in [-0.39, 0.29) is 40.3 Å². The maximum atomic E-state index is 12.3. The van der Waals surface area contributed by atoms with Gasteiger partial charge in [-0.15, -0.1) is 0 Å². The number of hydrogen-bond donors (Lipinski definition) is 1. The van der Waals surface area contributed by atoms with Gasteiger partial charge in [0.2, 0.25) is 5.78 Å². The fraction of sp³-hybridized carbons (Fsp3) is 0.200. The number of allylic oxidation sites excluding steroid dienone is 1. The molecule has 1 aliphatic carbocycles. The van der Waals surface area contributed by atoms with Crippen molar-refractivity contribution >= 4 is 11.6 Å². The number of carbonyl (C=O) groups is 2. The van der Waals surface area contributed by atoms with Gasteiger partial charge >= 0.3 is 0 Å². The van der Waals surface area contributed by atoms with Crippen molar-refractivity contribution < 1.29 is 19.4 Å². The van der Waals surface area contributed by atoms with Gasteiger partial charge in [-0.2, -0.15) is 0 Å². The number of fused-ring (bicyclic) bond motifs is 1. The molecule has 0 aromatic heterocycles. The number of phenolic OH excluding ortho intramolecular Hbond substituents is 1. The summed E-state index contributed by atoms with van der Waals surface area (Å²) in [7, 11) is 0. The van der Waals surface area contributed by atoms with Crippen molar-refractivity contribution in [3.63, 3.8) is 0 Å². The van der Waals surface area contributed by atoms with Gasteiger partial charge in [0, 0.05) is 17.5 Å². The van der Waals surface area contributed by atoms with Gasteiger partial charge in [-0.1, -0.05) is 6.58 Å². The Bertz CT molecular complexity index is 667. The molecule has 0 radical (unpaired) electrons. The van der Waals surface area contributed by atoms with Gasteiger partial charge in [0.1, 0.15) is 11.9 Å². The van der Waals surface area contributed by atoms with Crippen LogP contribution in [0.3, 0.4) is 0 Å². The number of aromatic hydroxyl groups is 1. The molecule has 1 N–H and O–H groups in total. The topological polar surface area (TPSA) is 63.6 Å². The van der Waals surface area contributed by atoms with E-state index in [1.54, 1.807) is 6.92 Å². The molecule has 19 heavy (non-hydrogen) atoms. The zero-order valence-electron chi connectivity index (χ0n) is 10.4. The number of ether oxygens (including phenoxy) is 1. The lowest BCUT2D eigenvalue weighted by molar-refractivity contribution is 0.0876. The highest BCUT2D eigenvalue weighted by Gasteiger charge is 2.40. The number of ketones is 2. The van der Waals surface area contributed by atoms with Gasteiger partial charge in [0.25, 0.3) is 0 Å². The summed E-state index contributed by atoms with van der Waals surface area (Å²) in [6.07, 6.45) is 0.0467. The van der Waals surface area contributed by atoms with E-state index in [1.165, 1.54) is 18.2 Å². The number of rotatable bonds is 1. The van der Waals surface area contributed by atoms with Gasteiger partial charge in [-0.25, -0.2) is 0 Å². The van der Waals surface area contributed by atoms with Crippen LogP contribution in [-0.4, -0.2) is 22.8 Å². The van der Waals surface area contributed by atoms with E-state index in [9.17, 15) is 14.7 Å². The minimum atomic E-state index is -0.319. The molecule has 1 aliphatic heterocycles. The first kappa shape index (κ1) is 11.7. The van der Waals surface area contributed by atoms with Gasteiger partial charge < -0.3 is 9.84 Å². The maximum absolute atomic E-state index is 12.3. The van der Waals surface area contributed by atoms with E-state index in [0.717, 1.165) is 5.57 Å². The Kier molecular flexibility index (Phi) is 2.35. The first-order chi connectivity index (χ1) is 8.99. The molecule has 0 bridgehead atoms. The van der Waals surface area contributed by atoms with E-state index in [1.807, 2.05) is 0 Å². The molecule has 0 saturated heterocycles. The van der Waals surface area contributed by atoms with Crippen LogP contribution in [0.5, 0.6) is 5.75 Å². The summed E-state index contributed by atoms with van der Waals surface area (Å²) in [5.74, 6) is -0.437. The van der Waals surface area contributed by atoms with Crippen LogP contribution in [0.2, 0.25) is 0 Å². The van der Waals surface area contributed by atoms with E-state index >= 15 is 0 Å². The van der Waals surface area contributed by atoms with Crippen molar-refractivity contribution in [1.82, 2.24) is 0 Å². The van der Waals surface area contributed by atoms with Crippen LogP contribution in [0.25, 0.3) is 0 Å². The second-order valence-corrected chi connectivity index (χ2v) is 4.85. The highest BCUT2D eigenvalue weighted by molar-refractivity contribution is 6.26. The Hall–Kier alpha value is -2.36. The van der Waals surface area contributed by atoms with Crippen LogP contribution in [0.15, 0.2) is 41.7 Å². The number of hydrogen-bond acceptors (Lipinski definition) is 4. The van der Waals surface area contributed by atoms with Crippen molar-refractivity contribution in [3.8, 4) is 5.75 Å². The Labute approximate surface area is 110 Å². The van der Waals surface area contributed by atoms with Crippen molar-refractivity contribution in [1.29, 1.82) is 0 Å². The van der Waals surface area contributed by atoms with Crippen LogP contribution in [0, 0.1) is 0 Å². The molecule has 1 aromatic carbocycles. The SMILES string of the molecule is C=C(C)C1CC2=C(O1)C(=O)c1ccc(O)cc1C2=O. The van der Waals surface area contributed by atoms with Crippen LogP contribution in [0.4, 0.5) is 0 Å². The predicted octanol–water partition coefficient (Wildman–Crippen LogP) is 2.39. The molecule has 1 unspecified atom stereocenters. The number of Topliss-reactive ketones (excluding diaryl/α,β-unsaturated/α-hetero) is 2. The minimum Gasteiger partial charge on any atom is -0.508 e. The molecule has 0 spiro atoms. The fourth-order valence-corrected chi connectivity index (χ4v) is 2.40. The summed E-state index contributed by atoms with van der Waals surface area (Å²) < 4.78 is 5.54. The van der Waals surface area contributed by atoms with Crippen LogP contribution in [-0.2, 0) is 4.74 Å². The highest BCUT2D eigenvalue weighted by atomic mass is 16.5. The number of phenols is 1. The van der Waals surface area contributed by atoms with Gasteiger partial charge in [-0.3, -0.25) is 9.59 Å². The lowest BCUT2D eigenvalue weighted by Gasteiger charge is -2.15. The van der Waals surface area contributed by atoms with Crippen LogP contribution >= 0.6 is 0 Å². The van der Waals surface area contributed by atoms with E-state index in [0.29, 0.717) is 12.0 Å². The summed E-state index contributed by atoms with van der Waals surface area (Å²) >= 11 is 0. The van der Waals surface area contributed by atoms with Crippen molar-refractivity contribution in [2.24, 2.45) is 0 Å². The van der Waals surface area contributed by atoms with Crippen molar-refractivity contribution in [2.45, 2.75) is 19.4 Å². The van der Waals surface area contributed by atoms with E-state index in [2.05, 4.69) is 6.58 Å².